The SMILES string of the molecule is CN(CCC#N)CCNc1ccccc1. The van der Waals surface area contributed by atoms with Gasteiger partial charge in [-0.3, -0.25) is 0 Å². The fraction of sp³-hybridized carbons (Fsp3) is 0.417. The van der Waals surface area contributed by atoms with Crippen molar-refractivity contribution in [2.45, 2.75) is 6.42 Å². The van der Waals surface area contributed by atoms with Gasteiger partial charge in [0.15, 0.2) is 0 Å². The Bertz CT molecular complexity index is 302. The Morgan fingerprint density at radius 1 is 1.27 bits per heavy atom. The van der Waals surface area contributed by atoms with Gasteiger partial charge in [-0.05, 0) is 19.2 Å². The highest BCUT2D eigenvalue weighted by Gasteiger charge is 1.96. The molecule has 80 valence electrons. The molecule has 15 heavy (non-hydrogen) atoms. The summed E-state index contributed by atoms with van der Waals surface area (Å²) in [5.74, 6) is 0. The number of rotatable bonds is 6. The number of nitriles is 1. The Hall–Kier alpha value is -1.53. The zero-order chi connectivity index (χ0) is 10.9. The molecule has 0 saturated heterocycles. The van der Waals surface area contributed by atoms with Crippen LogP contribution in [-0.4, -0.2) is 31.6 Å². The minimum atomic E-state index is 0.599. The Kier molecular flexibility index (Phi) is 5.28. The first-order chi connectivity index (χ1) is 7.33. The molecule has 1 rings (SSSR count). The molecule has 0 fully saturated rings. The van der Waals surface area contributed by atoms with E-state index in [2.05, 4.69) is 28.4 Å². The second-order valence-corrected chi connectivity index (χ2v) is 3.50. The summed E-state index contributed by atoms with van der Waals surface area (Å²) in [7, 11) is 2.03. The number of anilines is 1. The molecule has 0 aliphatic carbocycles. The van der Waals surface area contributed by atoms with Crippen LogP contribution in [0.15, 0.2) is 30.3 Å². The zero-order valence-corrected chi connectivity index (χ0v) is 9.11. The van der Waals surface area contributed by atoms with Crippen molar-refractivity contribution < 1.29 is 0 Å². The van der Waals surface area contributed by atoms with E-state index in [-0.39, 0.29) is 0 Å². The molecule has 0 saturated carbocycles. The molecule has 3 heteroatoms. The molecule has 0 aromatic heterocycles. The maximum atomic E-state index is 8.43. The Morgan fingerprint density at radius 3 is 2.67 bits per heavy atom. The van der Waals surface area contributed by atoms with Gasteiger partial charge >= 0.3 is 0 Å². The van der Waals surface area contributed by atoms with Gasteiger partial charge in [-0.25, -0.2) is 0 Å². The van der Waals surface area contributed by atoms with Crippen molar-refractivity contribution >= 4 is 5.69 Å². The van der Waals surface area contributed by atoms with Crippen molar-refractivity contribution in [1.29, 1.82) is 5.26 Å². The molecule has 0 aliphatic rings. The predicted octanol–water partition coefficient (Wildman–Crippen LogP) is 1.94. The highest BCUT2D eigenvalue weighted by atomic mass is 15.1. The van der Waals surface area contributed by atoms with E-state index in [1.54, 1.807) is 0 Å². The number of likely N-dealkylation sites (N-methyl/N-ethyl adjacent to an activating group) is 1. The maximum Gasteiger partial charge on any atom is 0.0635 e. The lowest BCUT2D eigenvalue weighted by atomic mass is 10.3. The van der Waals surface area contributed by atoms with Gasteiger partial charge < -0.3 is 10.2 Å². The van der Waals surface area contributed by atoms with Gasteiger partial charge in [0.1, 0.15) is 0 Å². The van der Waals surface area contributed by atoms with E-state index in [0.29, 0.717) is 6.42 Å². The van der Waals surface area contributed by atoms with Crippen molar-refractivity contribution in [2.75, 3.05) is 32.0 Å². The van der Waals surface area contributed by atoms with Crippen LogP contribution in [0.1, 0.15) is 6.42 Å². The largest absolute Gasteiger partial charge is 0.384 e. The summed E-state index contributed by atoms with van der Waals surface area (Å²) < 4.78 is 0. The fourth-order valence-electron chi connectivity index (χ4n) is 1.30. The molecule has 0 radical (unpaired) electrons. The summed E-state index contributed by atoms with van der Waals surface area (Å²) in [5.41, 5.74) is 1.14. The molecule has 0 bridgehead atoms. The van der Waals surface area contributed by atoms with Crippen LogP contribution in [0.3, 0.4) is 0 Å². The summed E-state index contributed by atoms with van der Waals surface area (Å²) in [6.45, 7) is 2.70. The van der Waals surface area contributed by atoms with Gasteiger partial charge in [-0.1, -0.05) is 18.2 Å². The Labute approximate surface area is 91.3 Å². The lowest BCUT2D eigenvalue weighted by Crippen LogP contribution is -2.25. The minimum Gasteiger partial charge on any atom is -0.384 e. The number of hydrogen-bond acceptors (Lipinski definition) is 3. The Balaban J connectivity index is 2.14. The van der Waals surface area contributed by atoms with Gasteiger partial charge in [0.25, 0.3) is 0 Å². The van der Waals surface area contributed by atoms with Gasteiger partial charge in [-0.2, -0.15) is 5.26 Å². The van der Waals surface area contributed by atoms with Crippen LogP contribution in [0, 0.1) is 11.3 Å². The summed E-state index contributed by atoms with van der Waals surface area (Å²) in [4.78, 5) is 2.15. The maximum absolute atomic E-state index is 8.43. The number of nitrogens with one attached hydrogen (secondary N) is 1. The van der Waals surface area contributed by atoms with Crippen LogP contribution in [0.5, 0.6) is 0 Å². The van der Waals surface area contributed by atoms with Gasteiger partial charge in [0, 0.05) is 31.7 Å². The molecule has 1 aromatic carbocycles. The van der Waals surface area contributed by atoms with E-state index in [9.17, 15) is 0 Å². The smallest absolute Gasteiger partial charge is 0.0635 e. The molecular weight excluding hydrogens is 186 g/mol. The van der Waals surface area contributed by atoms with E-state index in [1.165, 1.54) is 0 Å². The van der Waals surface area contributed by atoms with Crippen LogP contribution >= 0.6 is 0 Å². The third-order valence-electron chi connectivity index (χ3n) is 2.20. The zero-order valence-electron chi connectivity index (χ0n) is 9.11. The number of hydrogen-bond donors (Lipinski definition) is 1. The summed E-state index contributed by atoms with van der Waals surface area (Å²) >= 11 is 0. The number of nitrogens with zero attached hydrogens (tertiary/aromatic N) is 2. The van der Waals surface area contributed by atoms with Gasteiger partial charge in [-0.15, -0.1) is 0 Å². The number of para-hydroxylation sites is 1. The fourth-order valence-corrected chi connectivity index (χ4v) is 1.30. The molecule has 3 nitrogen and oxygen atoms in total. The van der Waals surface area contributed by atoms with Gasteiger partial charge in [0.2, 0.25) is 0 Å². The Morgan fingerprint density at radius 2 is 2.00 bits per heavy atom. The van der Waals surface area contributed by atoms with Crippen molar-refractivity contribution in [3.05, 3.63) is 30.3 Å². The first kappa shape index (κ1) is 11.5. The van der Waals surface area contributed by atoms with E-state index < -0.39 is 0 Å². The van der Waals surface area contributed by atoms with Crippen molar-refractivity contribution in [2.24, 2.45) is 0 Å². The van der Waals surface area contributed by atoms with E-state index >= 15 is 0 Å². The van der Waals surface area contributed by atoms with Crippen LogP contribution in [0.2, 0.25) is 0 Å². The third-order valence-corrected chi connectivity index (χ3v) is 2.20. The van der Waals surface area contributed by atoms with Crippen LogP contribution in [0.4, 0.5) is 5.69 Å². The predicted molar refractivity (Wildman–Crippen MR) is 62.7 cm³/mol. The summed E-state index contributed by atoms with van der Waals surface area (Å²) in [6.07, 6.45) is 0.599. The quantitative estimate of drug-likeness (QED) is 0.768. The highest BCUT2D eigenvalue weighted by Crippen LogP contribution is 2.03. The normalized spacial score (nSPS) is 9.93. The number of benzene rings is 1. The summed E-state index contributed by atoms with van der Waals surface area (Å²) in [5, 5.41) is 11.8. The lowest BCUT2D eigenvalue weighted by Gasteiger charge is -2.15. The summed E-state index contributed by atoms with van der Waals surface area (Å²) in [6, 6.07) is 12.3. The van der Waals surface area contributed by atoms with Crippen LogP contribution in [0.25, 0.3) is 0 Å². The second-order valence-electron chi connectivity index (χ2n) is 3.50. The molecule has 0 unspecified atom stereocenters. The minimum absolute atomic E-state index is 0.599. The molecular formula is C12H17N3. The monoisotopic (exact) mass is 203 g/mol. The topological polar surface area (TPSA) is 39.1 Å². The first-order valence-corrected chi connectivity index (χ1v) is 5.17. The average Bonchev–Trinajstić information content (AvgIpc) is 2.28. The van der Waals surface area contributed by atoms with Crippen molar-refractivity contribution in [3.8, 4) is 6.07 Å². The van der Waals surface area contributed by atoms with E-state index in [4.69, 9.17) is 5.26 Å². The van der Waals surface area contributed by atoms with Crippen LogP contribution < -0.4 is 5.32 Å². The van der Waals surface area contributed by atoms with E-state index in [1.807, 2.05) is 25.2 Å². The average molecular weight is 203 g/mol. The van der Waals surface area contributed by atoms with Crippen LogP contribution in [-0.2, 0) is 0 Å². The molecule has 0 atom stereocenters. The standard InChI is InChI=1S/C12H17N3/c1-15(10-5-8-13)11-9-14-12-6-3-2-4-7-12/h2-4,6-7,14H,5,9-11H2,1H3. The third kappa shape index (κ3) is 5.04. The van der Waals surface area contributed by atoms with Crippen molar-refractivity contribution in [3.63, 3.8) is 0 Å². The first-order valence-electron chi connectivity index (χ1n) is 5.17. The molecule has 0 amide bonds. The second kappa shape index (κ2) is 6.86. The van der Waals surface area contributed by atoms with E-state index in [0.717, 1.165) is 25.3 Å². The van der Waals surface area contributed by atoms with Gasteiger partial charge in [0.05, 0.1) is 6.07 Å². The molecule has 0 aliphatic heterocycles. The molecule has 0 heterocycles. The molecule has 1 N–H and O–H groups in total. The molecule has 0 spiro atoms. The highest BCUT2D eigenvalue weighted by molar-refractivity contribution is 5.42. The lowest BCUT2D eigenvalue weighted by molar-refractivity contribution is 0.355. The van der Waals surface area contributed by atoms with Crippen molar-refractivity contribution in [1.82, 2.24) is 4.90 Å². The molecule has 1 aromatic rings.